The lowest BCUT2D eigenvalue weighted by Gasteiger charge is -2.13. The second kappa shape index (κ2) is 10.5. The minimum absolute atomic E-state index is 0.0616. The molecule has 5 heteroatoms. The van der Waals surface area contributed by atoms with Crippen molar-refractivity contribution in [1.82, 2.24) is 19.5 Å². The van der Waals surface area contributed by atoms with Crippen LogP contribution in [-0.4, -0.2) is 19.5 Å². The summed E-state index contributed by atoms with van der Waals surface area (Å²) in [7, 11) is 0. The van der Waals surface area contributed by atoms with Crippen molar-refractivity contribution in [2.24, 2.45) is 0 Å². The zero-order valence-corrected chi connectivity index (χ0v) is 24.9. The Morgan fingerprint density at radius 1 is 0.479 bits per heavy atom. The van der Waals surface area contributed by atoms with Gasteiger partial charge in [-0.25, -0.2) is 15.0 Å². The molecule has 0 unspecified atom stereocenters. The predicted octanol–water partition coefficient (Wildman–Crippen LogP) is 11.0. The van der Waals surface area contributed by atoms with E-state index in [1.807, 2.05) is 60.7 Å². The van der Waals surface area contributed by atoms with Crippen molar-refractivity contribution in [2.75, 3.05) is 0 Å². The van der Waals surface area contributed by atoms with Crippen molar-refractivity contribution >= 4 is 54.5 Å². The van der Waals surface area contributed by atoms with E-state index in [0.717, 1.165) is 43.4 Å². The highest BCUT2D eigenvalue weighted by Crippen LogP contribution is 2.41. The first-order valence-corrected chi connectivity index (χ1v) is 15.2. The molecule has 7 aromatic carbocycles. The molecule has 48 heavy (non-hydrogen) atoms. The number of rotatable bonds is 4. The van der Waals surface area contributed by atoms with Gasteiger partial charge >= 0.3 is 0 Å². The zero-order chi connectivity index (χ0) is 40.3. The molecule has 0 bridgehead atoms. The Bertz CT molecular complexity index is 3290. The van der Waals surface area contributed by atoms with Crippen molar-refractivity contribution in [3.8, 4) is 39.9 Å². The maximum absolute atomic E-state index is 8.76. The van der Waals surface area contributed by atoms with E-state index in [1.54, 1.807) is 6.07 Å². The molecule has 3 aromatic heterocycles. The third-order valence-electron chi connectivity index (χ3n) is 8.58. The molecule has 0 saturated carbocycles. The van der Waals surface area contributed by atoms with Gasteiger partial charge in [-0.15, -0.1) is 0 Å². The van der Waals surface area contributed by atoms with Gasteiger partial charge in [-0.05, 0) is 47.2 Å². The minimum atomic E-state index is -0.618. The maximum atomic E-state index is 8.76. The van der Waals surface area contributed by atoms with E-state index < -0.39 is 60.4 Å². The zero-order valence-electron chi connectivity index (χ0n) is 34.9. The molecule has 0 fully saturated rings. The summed E-state index contributed by atoms with van der Waals surface area (Å²) >= 11 is 0. The number of benzene rings is 7. The van der Waals surface area contributed by atoms with E-state index >= 15 is 0 Å². The Labute approximate surface area is 289 Å². The summed E-state index contributed by atoms with van der Waals surface area (Å²) in [6, 6.07) is 25.7. The van der Waals surface area contributed by atoms with E-state index in [2.05, 4.69) is 39.9 Å². The molecule has 0 aliphatic carbocycles. The average molecular weight is 625 g/mol. The molecule has 5 nitrogen and oxygen atoms in total. The summed E-state index contributed by atoms with van der Waals surface area (Å²) in [5.41, 5.74) is 3.29. The molecule has 10 aromatic rings. The number of fused-ring (bicyclic) bond motifs is 7. The molecule has 224 valence electrons. The Morgan fingerprint density at radius 3 is 1.77 bits per heavy atom. The molecule has 0 N–H and O–H groups in total. The average Bonchev–Trinajstić information content (AvgIpc) is 3.78. The van der Waals surface area contributed by atoms with Gasteiger partial charge in [0.1, 0.15) is 11.2 Å². The van der Waals surface area contributed by atoms with Crippen LogP contribution in [0.15, 0.2) is 162 Å². The molecule has 0 radical (unpaired) electrons. The van der Waals surface area contributed by atoms with Crippen LogP contribution < -0.4 is 0 Å². The quantitative estimate of drug-likeness (QED) is 0.195. The van der Waals surface area contributed by atoms with Gasteiger partial charge in [0.25, 0.3) is 0 Å². The van der Waals surface area contributed by atoms with E-state index in [1.165, 1.54) is 0 Å². The van der Waals surface area contributed by atoms with Crippen LogP contribution >= 0.6 is 0 Å². The Morgan fingerprint density at radius 2 is 1.06 bits per heavy atom. The smallest absolute Gasteiger partial charge is 0.164 e. The monoisotopic (exact) mass is 624 g/mol. The summed E-state index contributed by atoms with van der Waals surface area (Å²) in [6.07, 6.45) is 0. The van der Waals surface area contributed by atoms with Crippen molar-refractivity contribution < 1.29 is 18.1 Å². The highest BCUT2D eigenvalue weighted by molar-refractivity contribution is 6.17. The number of furan rings is 1. The van der Waals surface area contributed by atoms with Crippen molar-refractivity contribution in [1.29, 1.82) is 0 Å². The SMILES string of the molecule is [2H]c1c([2H])c([2H])c(-c2nc(-c3cc(-n4c5ccccc5c5cc6ccccc6cc54)c4c(c3)oc3ccccc34)nc(-c3c([2H])c([2H])c([2H])c([2H])c3[2H])n2)c([2H])c1[2H]. The lowest BCUT2D eigenvalue weighted by Crippen LogP contribution is -2.01. The van der Waals surface area contributed by atoms with E-state index in [-0.39, 0.29) is 28.6 Å². The number of aromatic nitrogens is 4. The summed E-state index contributed by atoms with van der Waals surface area (Å²) in [5, 5.41) is 5.79. The fourth-order valence-electron chi connectivity index (χ4n) is 6.50. The van der Waals surface area contributed by atoms with Crippen LogP contribution in [0.5, 0.6) is 0 Å². The Hall–Kier alpha value is -6.59. The Balaban J connectivity index is 1.35. The molecular weight excluding hydrogens is 589 g/mol. The van der Waals surface area contributed by atoms with Crippen LogP contribution in [0, 0.1) is 0 Å². The fourth-order valence-corrected chi connectivity index (χ4v) is 6.50. The Kier molecular flexibility index (Phi) is 4.04. The number of nitrogens with zero attached hydrogens (tertiary/aromatic N) is 4. The van der Waals surface area contributed by atoms with Crippen LogP contribution in [0.4, 0.5) is 0 Å². The number of para-hydroxylation sites is 2. The predicted molar refractivity (Wildman–Crippen MR) is 195 cm³/mol. The topological polar surface area (TPSA) is 56.7 Å². The second-order valence-electron chi connectivity index (χ2n) is 11.3. The van der Waals surface area contributed by atoms with Crippen molar-refractivity contribution in [3.63, 3.8) is 0 Å². The molecule has 3 heterocycles. The van der Waals surface area contributed by atoms with Gasteiger partial charge in [0, 0.05) is 32.8 Å². The summed E-state index contributed by atoms with van der Waals surface area (Å²) in [4.78, 5) is 13.9. The van der Waals surface area contributed by atoms with Crippen LogP contribution in [-0.2, 0) is 0 Å². The minimum Gasteiger partial charge on any atom is -0.456 e. The van der Waals surface area contributed by atoms with E-state index in [4.69, 9.17) is 28.1 Å². The molecule has 0 atom stereocenters. The van der Waals surface area contributed by atoms with Crippen molar-refractivity contribution in [2.45, 2.75) is 0 Å². The lowest BCUT2D eigenvalue weighted by molar-refractivity contribution is 0.669. The van der Waals surface area contributed by atoms with Gasteiger partial charge in [0.2, 0.25) is 0 Å². The molecule has 0 spiro atoms. The summed E-state index contributed by atoms with van der Waals surface area (Å²) in [6.45, 7) is 0. The highest BCUT2D eigenvalue weighted by atomic mass is 16.3. The molecular formula is C43H26N4O. The normalized spacial score (nSPS) is 14.7. The van der Waals surface area contributed by atoms with Crippen LogP contribution in [0.3, 0.4) is 0 Å². The highest BCUT2D eigenvalue weighted by Gasteiger charge is 2.21. The third-order valence-corrected chi connectivity index (χ3v) is 8.58. The van der Waals surface area contributed by atoms with Crippen LogP contribution in [0.1, 0.15) is 13.7 Å². The van der Waals surface area contributed by atoms with Crippen LogP contribution in [0.25, 0.3) is 94.4 Å². The van der Waals surface area contributed by atoms with Gasteiger partial charge in [-0.2, -0.15) is 0 Å². The summed E-state index contributed by atoms with van der Waals surface area (Å²) in [5.74, 6) is -0.759. The standard InChI is InChI=1S/C43H26N4O/c1-3-13-27(14-4-1)41-44-42(28-15-5-2-6-16-28)46-43(45-41)31-25-37(40-33-20-10-12-22-38(33)48-39(40)26-31)47-35-21-11-9-19-32(35)34-23-29-17-7-8-18-30(29)24-36(34)47/h1-26H/i1D,2D,3D,4D,5D,6D,13D,14D,15D,16D. The lowest BCUT2D eigenvalue weighted by atomic mass is 10.1. The third kappa shape index (κ3) is 4.15. The largest absolute Gasteiger partial charge is 0.456 e. The molecule has 0 saturated heterocycles. The molecule has 0 aliphatic heterocycles. The first kappa shape index (κ1) is 18.5. The fraction of sp³-hybridized carbons (Fsp3) is 0. The second-order valence-corrected chi connectivity index (χ2v) is 11.3. The van der Waals surface area contributed by atoms with Gasteiger partial charge in [0.05, 0.1) is 35.8 Å². The van der Waals surface area contributed by atoms with Gasteiger partial charge in [-0.3, -0.25) is 0 Å². The maximum Gasteiger partial charge on any atom is 0.164 e. The molecule has 0 amide bonds. The van der Waals surface area contributed by atoms with Crippen LogP contribution in [0.2, 0.25) is 0 Å². The first-order valence-electron chi connectivity index (χ1n) is 20.2. The summed E-state index contributed by atoms with van der Waals surface area (Å²) < 4.78 is 93.6. The molecule has 0 aliphatic rings. The van der Waals surface area contributed by atoms with Gasteiger partial charge < -0.3 is 8.98 Å². The van der Waals surface area contributed by atoms with Gasteiger partial charge in [0.15, 0.2) is 17.5 Å². The van der Waals surface area contributed by atoms with E-state index in [9.17, 15) is 0 Å². The number of hydrogen-bond acceptors (Lipinski definition) is 4. The number of hydrogen-bond donors (Lipinski definition) is 0. The molecule has 10 rings (SSSR count). The van der Waals surface area contributed by atoms with Crippen molar-refractivity contribution in [3.05, 3.63) is 157 Å². The van der Waals surface area contributed by atoms with E-state index in [0.29, 0.717) is 22.4 Å². The van der Waals surface area contributed by atoms with Gasteiger partial charge in [-0.1, -0.05) is 121 Å². The first-order chi connectivity index (χ1) is 27.9.